The molecule has 1 aromatic carbocycles. The summed E-state index contributed by atoms with van der Waals surface area (Å²) in [5.74, 6) is -1.04. The van der Waals surface area contributed by atoms with Crippen molar-refractivity contribution in [3.05, 3.63) is 35.4 Å². The van der Waals surface area contributed by atoms with Crippen LogP contribution in [-0.2, 0) is 11.3 Å². The van der Waals surface area contributed by atoms with E-state index in [1.165, 1.54) is 12.1 Å². The Morgan fingerprint density at radius 3 is 3.00 bits per heavy atom. The molecule has 1 aliphatic heterocycles. The van der Waals surface area contributed by atoms with Gasteiger partial charge < -0.3 is 15.4 Å². The Morgan fingerprint density at radius 1 is 1.47 bits per heavy atom. The molecule has 2 atom stereocenters. The second-order valence-electron chi connectivity index (χ2n) is 4.98. The molecule has 2 N–H and O–H groups in total. The fraction of sp³-hybridized carbons (Fsp3) is 0.571. The number of hydrogen-bond donors (Lipinski definition) is 2. The van der Waals surface area contributed by atoms with E-state index >= 15 is 0 Å². The summed E-state index contributed by atoms with van der Waals surface area (Å²) in [4.78, 5) is 0. The van der Waals surface area contributed by atoms with Gasteiger partial charge in [-0.15, -0.1) is 0 Å². The summed E-state index contributed by atoms with van der Waals surface area (Å²) in [7, 11) is 0. The normalized spacial score (nSPS) is 21.3. The molecule has 19 heavy (non-hydrogen) atoms. The number of ether oxygens (including phenoxy) is 1. The average Bonchev–Trinajstić information content (AvgIpc) is 2.39. The van der Waals surface area contributed by atoms with Crippen LogP contribution in [0, 0.1) is 11.6 Å². The van der Waals surface area contributed by atoms with E-state index in [0.29, 0.717) is 18.2 Å². The zero-order valence-corrected chi connectivity index (χ0v) is 11.1. The Balaban J connectivity index is 1.77. The molecule has 0 bridgehead atoms. The first kappa shape index (κ1) is 14.4. The molecule has 1 saturated heterocycles. The summed E-state index contributed by atoms with van der Waals surface area (Å²) in [5, 5.41) is 6.63. The predicted molar refractivity (Wildman–Crippen MR) is 69.9 cm³/mol. The maximum Gasteiger partial charge on any atom is 0.130 e. The SMILES string of the molecule is CC(CC1COCCN1)NCc1ccc(F)cc1F. The van der Waals surface area contributed by atoms with Gasteiger partial charge in [0.15, 0.2) is 0 Å². The average molecular weight is 270 g/mol. The molecule has 2 rings (SSSR count). The van der Waals surface area contributed by atoms with Crippen molar-refractivity contribution < 1.29 is 13.5 Å². The first-order valence-electron chi connectivity index (χ1n) is 6.63. The lowest BCUT2D eigenvalue weighted by Gasteiger charge is -2.26. The summed E-state index contributed by atoms with van der Waals surface area (Å²) in [6, 6.07) is 4.25. The minimum atomic E-state index is -0.544. The molecule has 106 valence electrons. The molecule has 5 heteroatoms. The second kappa shape index (κ2) is 6.93. The zero-order valence-electron chi connectivity index (χ0n) is 11.1. The number of halogens is 2. The molecule has 2 unspecified atom stereocenters. The monoisotopic (exact) mass is 270 g/mol. The maximum atomic E-state index is 13.4. The molecular weight excluding hydrogens is 250 g/mol. The van der Waals surface area contributed by atoms with Gasteiger partial charge in [0.1, 0.15) is 11.6 Å². The highest BCUT2D eigenvalue weighted by molar-refractivity contribution is 5.18. The molecule has 1 fully saturated rings. The topological polar surface area (TPSA) is 33.3 Å². The quantitative estimate of drug-likeness (QED) is 0.856. The van der Waals surface area contributed by atoms with Crippen molar-refractivity contribution in [3.8, 4) is 0 Å². The van der Waals surface area contributed by atoms with Crippen molar-refractivity contribution in [2.24, 2.45) is 0 Å². The maximum absolute atomic E-state index is 13.4. The highest BCUT2D eigenvalue weighted by atomic mass is 19.1. The van der Waals surface area contributed by atoms with Gasteiger partial charge >= 0.3 is 0 Å². The van der Waals surface area contributed by atoms with Gasteiger partial charge in [-0.25, -0.2) is 8.78 Å². The van der Waals surface area contributed by atoms with Crippen molar-refractivity contribution in [3.63, 3.8) is 0 Å². The Kier molecular flexibility index (Phi) is 5.24. The van der Waals surface area contributed by atoms with E-state index in [1.54, 1.807) is 0 Å². The predicted octanol–water partition coefficient (Wildman–Crippen LogP) is 1.82. The highest BCUT2D eigenvalue weighted by Crippen LogP contribution is 2.10. The summed E-state index contributed by atoms with van der Waals surface area (Å²) in [5.41, 5.74) is 0.487. The summed E-state index contributed by atoms with van der Waals surface area (Å²) in [6.07, 6.45) is 0.919. The van der Waals surface area contributed by atoms with Gasteiger partial charge in [-0.3, -0.25) is 0 Å². The number of morpholine rings is 1. The van der Waals surface area contributed by atoms with E-state index < -0.39 is 11.6 Å². The van der Waals surface area contributed by atoms with Crippen LogP contribution in [0.4, 0.5) is 8.78 Å². The Bertz CT molecular complexity index is 408. The number of benzene rings is 1. The van der Waals surface area contributed by atoms with Crippen LogP contribution in [0.1, 0.15) is 18.9 Å². The minimum absolute atomic E-state index is 0.239. The molecule has 0 aliphatic carbocycles. The molecule has 0 saturated carbocycles. The largest absolute Gasteiger partial charge is 0.379 e. The van der Waals surface area contributed by atoms with Crippen LogP contribution in [0.2, 0.25) is 0 Å². The van der Waals surface area contributed by atoms with Crippen LogP contribution in [-0.4, -0.2) is 31.8 Å². The standard InChI is InChI=1S/C14H20F2N2O/c1-10(6-13-9-19-5-4-17-13)18-8-11-2-3-12(15)7-14(11)16/h2-3,7,10,13,17-18H,4-6,8-9H2,1H3. The van der Waals surface area contributed by atoms with Gasteiger partial charge in [0.2, 0.25) is 0 Å². The van der Waals surface area contributed by atoms with Crippen LogP contribution >= 0.6 is 0 Å². The Labute approximate surface area is 112 Å². The van der Waals surface area contributed by atoms with E-state index in [2.05, 4.69) is 17.6 Å². The van der Waals surface area contributed by atoms with E-state index in [1.807, 2.05) is 0 Å². The molecule has 0 amide bonds. The molecule has 1 aromatic rings. The summed E-state index contributed by atoms with van der Waals surface area (Å²) >= 11 is 0. The van der Waals surface area contributed by atoms with Gasteiger partial charge in [0, 0.05) is 36.8 Å². The Hall–Kier alpha value is -1.04. The fourth-order valence-electron chi connectivity index (χ4n) is 2.23. The van der Waals surface area contributed by atoms with Crippen LogP contribution < -0.4 is 10.6 Å². The van der Waals surface area contributed by atoms with Gasteiger partial charge in [0.25, 0.3) is 0 Å². The van der Waals surface area contributed by atoms with Crippen molar-refractivity contribution in [2.45, 2.75) is 32.0 Å². The number of rotatable bonds is 5. The van der Waals surface area contributed by atoms with Crippen LogP contribution in [0.3, 0.4) is 0 Å². The lowest BCUT2D eigenvalue weighted by atomic mass is 10.1. The van der Waals surface area contributed by atoms with Gasteiger partial charge in [-0.2, -0.15) is 0 Å². The van der Waals surface area contributed by atoms with Crippen LogP contribution in [0.25, 0.3) is 0 Å². The number of hydrogen-bond acceptors (Lipinski definition) is 3. The molecule has 1 heterocycles. The highest BCUT2D eigenvalue weighted by Gasteiger charge is 2.16. The van der Waals surface area contributed by atoms with E-state index in [-0.39, 0.29) is 6.04 Å². The minimum Gasteiger partial charge on any atom is -0.379 e. The lowest BCUT2D eigenvalue weighted by molar-refractivity contribution is 0.0712. The van der Waals surface area contributed by atoms with Crippen LogP contribution in [0.5, 0.6) is 0 Å². The summed E-state index contributed by atoms with van der Waals surface area (Å²) in [6.45, 7) is 4.82. The molecule has 0 aromatic heterocycles. The zero-order chi connectivity index (χ0) is 13.7. The third-order valence-electron chi connectivity index (χ3n) is 3.29. The molecule has 1 aliphatic rings. The van der Waals surface area contributed by atoms with E-state index in [9.17, 15) is 8.78 Å². The first-order valence-corrected chi connectivity index (χ1v) is 6.63. The van der Waals surface area contributed by atoms with Gasteiger partial charge in [-0.05, 0) is 19.4 Å². The third kappa shape index (κ3) is 4.53. The smallest absolute Gasteiger partial charge is 0.130 e. The summed E-state index contributed by atoms with van der Waals surface area (Å²) < 4.78 is 31.6. The fourth-order valence-corrected chi connectivity index (χ4v) is 2.23. The Morgan fingerprint density at radius 2 is 2.32 bits per heavy atom. The van der Waals surface area contributed by atoms with Gasteiger partial charge in [-0.1, -0.05) is 6.07 Å². The van der Waals surface area contributed by atoms with E-state index in [0.717, 1.165) is 32.2 Å². The van der Waals surface area contributed by atoms with Crippen molar-refractivity contribution in [1.82, 2.24) is 10.6 Å². The molecule has 0 spiro atoms. The molecule has 3 nitrogen and oxygen atoms in total. The third-order valence-corrected chi connectivity index (χ3v) is 3.29. The van der Waals surface area contributed by atoms with Crippen molar-refractivity contribution in [1.29, 1.82) is 0 Å². The number of nitrogens with one attached hydrogen (secondary N) is 2. The molecule has 0 radical (unpaired) electrons. The van der Waals surface area contributed by atoms with E-state index in [4.69, 9.17) is 4.74 Å². The molecular formula is C14H20F2N2O. The van der Waals surface area contributed by atoms with Crippen molar-refractivity contribution >= 4 is 0 Å². The van der Waals surface area contributed by atoms with Crippen LogP contribution in [0.15, 0.2) is 18.2 Å². The first-order chi connectivity index (χ1) is 9.15. The lowest BCUT2D eigenvalue weighted by Crippen LogP contribution is -2.44. The van der Waals surface area contributed by atoms with Crippen molar-refractivity contribution in [2.75, 3.05) is 19.8 Å². The second-order valence-corrected chi connectivity index (χ2v) is 4.98. The van der Waals surface area contributed by atoms with Gasteiger partial charge in [0.05, 0.1) is 13.2 Å².